The molecule has 0 aliphatic rings. The molecule has 0 heterocycles. The summed E-state index contributed by atoms with van der Waals surface area (Å²) in [6.07, 6.45) is 13.2. The van der Waals surface area contributed by atoms with Crippen LogP contribution < -0.4 is 5.73 Å². The van der Waals surface area contributed by atoms with Gasteiger partial charge in [0.25, 0.3) is 0 Å². The lowest BCUT2D eigenvalue weighted by Gasteiger charge is -2.16. The van der Waals surface area contributed by atoms with E-state index in [0.717, 1.165) is 11.8 Å². The summed E-state index contributed by atoms with van der Waals surface area (Å²) >= 11 is 12.4. The van der Waals surface area contributed by atoms with E-state index in [9.17, 15) is 4.79 Å². The van der Waals surface area contributed by atoms with Crippen molar-refractivity contribution in [3.8, 4) is 5.40 Å². The van der Waals surface area contributed by atoms with Crippen LogP contribution in [0.1, 0.15) is 70.1 Å². The Kier molecular flexibility index (Phi) is 17.1. The summed E-state index contributed by atoms with van der Waals surface area (Å²) in [6.45, 7) is 6.94. The summed E-state index contributed by atoms with van der Waals surface area (Å²) in [5.41, 5.74) is 5.66. The van der Waals surface area contributed by atoms with Crippen LogP contribution in [0.2, 0.25) is 10.0 Å². The van der Waals surface area contributed by atoms with Crippen LogP contribution in [0.5, 0.6) is 0 Å². The van der Waals surface area contributed by atoms with Crippen LogP contribution in [0.3, 0.4) is 0 Å². The normalized spacial score (nSPS) is 11.5. The zero-order chi connectivity index (χ0) is 21.4. The molecule has 158 valence electrons. The van der Waals surface area contributed by atoms with E-state index < -0.39 is 11.2 Å². The van der Waals surface area contributed by atoms with Gasteiger partial charge in [-0.3, -0.25) is 4.79 Å². The van der Waals surface area contributed by atoms with Crippen molar-refractivity contribution in [1.82, 2.24) is 0 Å². The molecule has 0 spiro atoms. The Hall–Kier alpha value is -0.460. The molecule has 1 aromatic carbocycles. The highest BCUT2D eigenvalue weighted by Gasteiger charge is 2.21. The fourth-order valence-electron chi connectivity index (χ4n) is 2.52. The molecule has 1 amide bonds. The predicted molar refractivity (Wildman–Crippen MR) is 128 cm³/mol. The number of thiocyanates is 1. The van der Waals surface area contributed by atoms with E-state index in [-0.39, 0.29) is 0 Å². The van der Waals surface area contributed by atoms with Crippen molar-refractivity contribution >= 4 is 48.8 Å². The third-order valence-electron chi connectivity index (χ3n) is 4.16. The summed E-state index contributed by atoms with van der Waals surface area (Å²) in [4.78, 5) is 11.1. The molecule has 1 unspecified atom stereocenters. The van der Waals surface area contributed by atoms with Gasteiger partial charge in [-0.25, -0.2) is 0 Å². The van der Waals surface area contributed by atoms with Gasteiger partial charge >= 0.3 is 0 Å². The van der Waals surface area contributed by atoms with Gasteiger partial charge in [0.05, 0.1) is 0 Å². The molecule has 0 radical (unpaired) electrons. The van der Waals surface area contributed by atoms with Crippen molar-refractivity contribution in [3.63, 3.8) is 0 Å². The van der Waals surface area contributed by atoms with Gasteiger partial charge in [0.15, 0.2) is 0 Å². The maximum absolute atomic E-state index is 11.1. The number of halogens is 2. The molecule has 7 heteroatoms. The smallest absolute Gasteiger partial charge is 0.236 e. The van der Waals surface area contributed by atoms with Crippen LogP contribution in [-0.2, 0) is 4.79 Å². The van der Waals surface area contributed by atoms with Crippen molar-refractivity contribution < 1.29 is 4.79 Å². The molecule has 1 aromatic rings. The van der Waals surface area contributed by atoms with Crippen molar-refractivity contribution in [2.24, 2.45) is 5.73 Å². The molecule has 28 heavy (non-hydrogen) atoms. The van der Waals surface area contributed by atoms with Crippen molar-refractivity contribution in [2.75, 3.05) is 18.5 Å². The second-order valence-corrected chi connectivity index (χ2v) is 11.0. The molecule has 1 atom stereocenters. The van der Waals surface area contributed by atoms with Gasteiger partial charge in [-0.15, -0.1) is 7.92 Å². The Morgan fingerprint density at radius 1 is 1.11 bits per heavy atom. The Bertz CT molecular complexity index is 592. The van der Waals surface area contributed by atoms with Crippen LogP contribution in [0, 0.1) is 10.7 Å². The quantitative estimate of drug-likeness (QED) is 0.256. The van der Waals surface area contributed by atoms with Gasteiger partial charge in [-0.05, 0) is 67.2 Å². The van der Waals surface area contributed by atoms with Crippen LogP contribution in [0.25, 0.3) is 0 Å². The summed E-state index contributed by atoms with van der Waals surface area (Å²) in [5.74, 6) is -0.606. The van der Waals surface area contributed by atoms with E-state index in [1.807, 2.05) is 5.40 Å². The molecule has 2 N–H and O–H groups in total. The molecule has 0 aliphatic heterocycles. The standard InChI is InChI=1S/C12H27P.C9H6Cl2N2OS/c1-4-7-10-13(11-8-5-2)12-9-6-3;10-5-1-2-6(7(11)3-5)8(9(13)14)15-4-12/h4-12H2,1-3H3;1-3,8H,(H2,13,14). The molecule has 0 saturated carbocycles. The highest BCUT2D eigenvalue weighted by Crippen LogP contribution is 2.38. The zero-order valence-corrected chi connectivity index (χ0v) is 20.4. The molecular formula is C21H33Cl2N2OPS. The maximum atomic E-state index is 11.1. The van der Waals surface area contributed by atoms with E-state index in [1.54, 1.807) is 30.6 Å². The highest BCUT2D eigenvalue weighted by molar-refractivity contribution is 8.04. The summed E-state index contributed by atoms with van der Waals surface area (Å²) < 4.78 is 0. The average Bonchev–Trinajstić information content (AvgIpc) is 2.66. The number of nitrogens with zero attached hydrogens (tertiary/aromatic N) is 1. The third kappa shape index (κ3) is 12.2. The molecular weight excluding hydrogens is 430 g/mol. The molecule has 1 rings (SSSR count). The van der Waals surface area contributed by atoms with Gasteiger partial charge in [-0.2, -0.15) is 5.26 Å². The number of amides is 1. The number of thioether (sulfide) groups is 1. The van der Waals surface area contributed by atoms with Crippen LogP contribution in [-0.4, -0.2) is 24.4 Å². The number of hydrogen-bond donors (Lipinski definition) is 1. The fraction of sp³-hybridized carbons (Fsp3) is 0.619. The van der Waals surface area contributed by atoms with Crippen molar-refractivity contribution in [3.05, 3.63) is 33.8 Å². The van der Waals surface area contributed by atoms with Crippen LogP contribution in [0.4, 0.5) is 0 Å². The minimum atomic E-state index is -0.764. The average molecular weight is 463 g/mol. The Morgan fingerprint density at radius 2 is 1.61 bits per heavy atom. The van der Waals surface area contributed by atoms with Gasteiger partial charge < -0.3 is 5.73 Å². The topological polar surface area (TPSA) is 66.9 Å². The first-order chi connectivity index (χ1) is 13.4. The number of carbonyl (C=O) groups is 1. The third-order valence-corrected chi connectivity index (χ3v) is 8.39. The summed E-state index contributed by atoms with van der Waals surface area (Å²) in [7, 11) is 0.422. The number of primary amides is 1. The lowest BCUT2D eigenvalue weighted by atomic mass is 10.1. The number of rotatable bonds is 12. The minimum Gasteiger partial charge on any atom is -0.368 e. The number of benzene rings is 1. The lowest BCUT2D eigenvalue weighted by Crippen LogP contribution is -2.18. The Balaban J connectivity index is 0.000000528. The summed E-state index contributed by atoms with van der Waals surface area (Å²) in [6, 6.07) is 4.69. The minimum absolute atomic E-state index is 0.328. The first-order valence-corrected chi connectivity index (χ1v) is 13.5. The second kappa shape index (κ2) is 17.4. The monoisotopic (exact) mass is 462 g/mol. The molecule has 0 fully saturated rings. The zero-order valence-electron chi connectivity index (χ0n) is 17.2. The first-order valence-electron chi connectivity index (χ1n) is 9.92. The Morgan fingerprint density at radius 3 is 1.96 bits per heavy atom. The Labute approximate surface area is 186 Å². The number of unbranched alkanes of at least 4 members (excludes halogenated alkanes) is 3. The molecule has 0 aromatic heterocycles. The lowest BCUT2D eigenvalue weighted by molar-refractivity contribution is -0.117. The predicted octanol–water partition coefficient (Wildman–Crippen LogP) is 7.60. The first kappa shape index (κ1) is 27.5. The second-order valence-electron chi connectivity index (χ2n) is 6.56. The maximum Gasteiger partial charge on any atom is 0.236 e. The summed E-state index contributed by atoms with van der Waals surface area (Å²) in [5, 5.41) is 10.4. The van der Waals surface area contributed by atoms with Crippen LogP contribution in [0.15, 0.2) is 18.2 Å². The highest BCUT2D eigenvalue weighted by atomic mass is 35.5. The van der Waals surface area contributed by atoms with Gasteiger partial charge in [0.2, 0.25) is 5.91 Å². The van der Waals surface area contributed by atoms with Gasteiger partial charge in [0, 0.05) is 10.0 Å². The van der Waals surface area contributed by atoms with Crippen molar-refractivity contribution in [1.29, 1.82) is 5.26 Å². The number of nitriles is 1. The van der Waals surface area contributed by atoms with Crippen molar-refractivity contribution in [2.45, 2.75) is 64.5 Å². The number of hydrogen-bond acceptors (Lipinski definition) is 3. The van der Waals surface area contributed by atoms with E-state index in [4.69, 9.17) is 34.2 Å². The molecule has 3 nitrogen and oxygen atoms in total. The van der Waals surface area contributed by atoms with Gasteiger partial charge in [0.1, 0.15) is 10.7 Å². The van der Waals surface area contributed by atoms with Crippen LogP contribution >= 0.6 is 42.9 Å². The van der Waals surface area contributed by atoms with Gasteiger partial charge in [-0.1, -0.05) is 69.3 Å². The molecule has 0 bridgehead atoms. The van der Waals surface area contributed by atoms with E-state index in [0.29, 0.717) is 23.5 Å². The SMILES string of the molecule is CCCCP(CCCC)CCCC.N#CSC(C(N)=O)c1ccc(Cl)cc1Cl. The largest absolute Gasteiger partial charge is 0.368 e. The fourth-order valence-corrected chi connectivity index (χ4v) is 6.62. The van der Waals surface area contributed by atoms with E-state index in [1.165, 1.54) is 44.6 Å². The van der Waals surface area contributed by atoms with E-state index >= 15 is 0 Å². The molecule has 0 aliphatic carbocycles. The number of nitrogens with two attached hydrogens (primary N) is 1. The number of carbonyl (C=O) groups excluding carboxylic acids is 1. The molecule has 0 saturated heterocycles. The van der Waals surface area contributed by atoms with E-state index in [2.05, 4.69) is 20.8 Å².